The van der Waals surface area contributed by atoms with Crippen molar-refractivity contribution in [2.45, 2.75) is 19.1 Å². The molecule has 0 N–H and O–H groups in total. The van der Waals surface area contributed by atoms with Crippen LogP contribution >= 0.6 is 23.5 Å². The molecule has 0 amide bonds. The summed E-state index contributed by atoms with van der Waals surface area (Å²) < 4.78 is 1.76. The van der Waals surface area contributed by atoms with Crippen LogP contribution in [0.2, 0.25) is 13.1 Å². The molecule has 4 rings (SSSR count). The molecule has 2 aliphatic carbocycles. The van der Waals surface area contributed by atoms with E-state index in [-0.39, 0.29) is 30.3 Å². The van der Waals surface area contributed by atoms with Gasteiger partial charge in [0.25, 0.3) is 0 Å². The summed E-state index contributed by atoms with van der Waals surface area (Å²) >= 11 is 2.70. The van der Waals surface area contributed by atoms with Gasteiger partial charge >= 0.3 is 138 Å². The molecule has 0 aromatic rings. The van der Waals surface area contributed by atoms with E-state index in [1.165, 1.54) is 21.0 Å². The van der Waals surface area contributed by atoms with Gasteiger partial charge in [0, 0.05) is 0 Å². The van der Waals surface area contributed by atoms with Crippen LogP contribution in [0.3, 0.4) is 0 Å². The van der Waals surface area contributed by atoms with Gasteiger partial charge in [0.15, 0.2) is 0 Å². The van der Waals surface area contributed by atoms with Crippen LogP contribution in [0.25, 0.3) is 0 Å². The maximum atomic E-state index is 2.61. The molecule has 2 unspecified atom stereocenters. The van der Waals surface area contributed by atoms with Gasteiger partial charge in [-0.1, -0.05) is 0 Å². The maximum Gasteiger partial charge on any atom is -1.00 e. The average molecular weight is 550 g/mol. The first-order chi connectivity index (χ1) is 9.72. The first-order valence-electron chi connectivity index (χ1n) is 6.94. The van der Waals surface area contributed by atoms with E-state index < -0.39 is 20.1 Å². The Hall–Kier alpha value is 0.807. The Morgan fingerprint density at radius 1 is 0.864 bits per heavy atom. The first kappa shape index (κ1) is 19.1. The minimum absolute atomic E-state index is 0. The molecular weight excluding hydrogens is 534 g/mol. The number of allylic oxidation sites excluding steroid dienone is 8. The molecule has 0 radical (unpaired) electrons. The van der Waals surface area contributed by atoms with Gasteiger partial charge in [0.1, 0.15) is 0 Å². The van der Waals surface area contributed by atoms with Crippen LogP contribution in [-0.4, -0.2) is 11.5 Å². The second-order valence-corrected chi connectivity index (χ2v) is 36.2. The predicted octanol–water partition coefficient (Wildman–Crippen LogP) is -1.23. The Bertz CT molecular complexity index is 656. The quantitative estimate of drug-likeness (QED) is 0.396. The van der Waals surface area contributed by atoms with E-state index in [1.54, 1.807) is 0 Å². The largest absolute Gasteiger partial charge is 1.00 e. The van der Waals surface area contributed by atoms with Crippen molar-refractivity contribution < 1.29 is 44.9 Å². The van der Waals surface area contributed by atoms with Crippen molar-refractivity contribution in [2.24, 2.45) is 0 Å². The fourth-order valence-electron chi connectivity index (χ4n) is 3.03. The molecule has 0 aromatic heterocycles. The molecule has 0 fully saturated rings. The van der Waals surface area contributed by atoms with Gasteiger partial charge < -0.3 is 24.8 Å². The van der Waals surface area contributed by atoms with Gasteiger partial charge in [0.2, 0.25) is 0 Å². The fraction of sp³-hybridized carbons (Fsp3) is 0.250. The third kappa shape index (κ3) is 3.43. The van der Waals surface area contributed by atoms with Crippen LogP contribution in [0.5, 0.6) is 0 Å². The van der Waals surface area contributed by atoms with E-state index in [1.807, 2.05) is 0 Å². The summed E-state index contributed by atoms with van der Waals surface area (Å²) in [5.41, 5.74) is 2.91. The van der Waals surface area contributed by atoms with E-state index in [4.69, 9.17) is 0 Å². The van der Waals surface area contributed by atoms with Crippen LogP contribution in [0.4, 0.5) is 0 Å². The predicted molar refractivity (Wildman–Crippen MR) is 90.9 cm³/mol. The molecule has 4 aliphatic rings. The summed E-state index contributed by atoms with van der Waals surface area (Å²) in [7, 11) is 0. The molecule has 0 aromatic carbocycles. The number of hydrogen-bond donors (Lipinski definition) is 0. The Morgan fingerprint density at radius 3 is 1.68 bits per heavy atom. The number of rotatable bonds is 2. The summed E-state index contributed by atoms with van der Waals surface area (Å²) in [6, 6.07) is 0. The summed E-state index contributed by atoms with van der Waals surface area (Å²) in [6.07, 6.45) is 18.8. The van der Waals surface area contributed by atoms with Gasteiger partial charge in [-0.05, 0) is 0 Å². The molecule has 0 bridgehead atoms. The minimum atomic E-state index is -1.65. The first-order valence-corrected chi connectivity index (χ1v) is 20.7. The number of thioether (sulfide) groups is 2. The van der Waals surface area contributed by atoms with Crippen LogP contribution in [0.1, 0.15) is 0 Å². The summed E-state index contributed by atoms with van der Waals surface area (Å²) in [6.45, 7) is 5.14. The van der Waals surface area contributed by atoms with Crippen molar-refractivity contribution >= 4 is 29.0 Å². The van der Waals surface area contributed by atoms with Gasteiger partial charge in [-0.15, -0.1) is 0 Å². The normalized spacial score (nSPS) is 25.9. The van der Waals surface area contributed by atoms with Crippen molar-refractivity contribution in [3.05, 3.63) is 69.6 Å². The van der Waals surface area contributed by atoms with Crippen molar-refractivity contribution in [2.75, 3.05) is 0 Å². The number of hydrogen-bond acceptors (Lipinski definition) is 2. The van der Waals surface area contributed by atoms with E-state index in [0.717, 1.165) is 6.01 Å². The molecule has 0 spiro atoms. The molecule has 0 saturated heterocycles. The van der Waals surface area contributed by atoms with Crippen molar-refractivity contribution in [1.82, 2.24) is 0 Å². The van der Waals surface area contributed by atoms with Crippen molar-refractivity contribution in [3.8, 4) is 0 Å². The molecule has 2 heterocycles. The Balaban J connectivity index is 0.000000882. The minimum Gasteiger partial charge on any atom is -1.00 e. The molecule has 0 saturated carbocycles. The molecule has 2 atom stereocenters. The van der Waals surface area contributed by atoms with Crippen molar-refractivity contribution in [1.29, 1.82) is 0 Å². The van der Waals surface area contributed by atoms with Crippen LogP contribution in [0.15, 0.2) is 69.6 Å². The summed E-state index contributed by atoms with van der Waals surface area (Å²) in [4.78, 5) is 3.08. The summed E-state index contributed by atoms with van der Waals surface area (Å²) in [5, 5.41) is 0. The number of halogens is 2. The van der Waals surface area contributed by atoms with Crippen molar-refractivity contribution in [3.63, 3.8) is 0 Å². The van der Waals surface area contributed by atoms with E-state index in [9.17, 15) is 0 Å². The van der Waals surface area contributed by atoms with Gasteiger partial charge in [-0.25, -0.2) is 0 Å². The molecule has 22 heavy (non-hydrogen) atoms. The van der Waals surface area contributed by atoms with Crippen LogP contribution < -0.4 is 24.8 Å². The third-order valence-electron chi connectivity index (χ3n) is 3.98. The monoisotopic (exact) mass is 550 g/mol. The molecule has 6 heteroatoms. The summed E-state index contributed by atoms with van der Waals surface area (Å²) in [5.74, 6) is 0. The Labute approximate surface area is 161 Å². The van der Waals surface area contributed by atoms with Crippen LogP contribution in [-0.2, 0) is 20.1 Å². The van der Waals surface area contributed by atoms with E-state index in [0.29, 0.717) is 0 Å². The zero-order chi connectivity index (χ0) is 13.7. The Morgan fingerprint density at radius 2 is 1.32 bits per heavy atom. The number of fused-ring (bicyclic) bond motifs is 2. The van der Waals surface area contributed by atoms with E-state index in [2.05, 4.69) is 85.2 Å². The smallest absolute Gasteiger partial charge is 1.00 e. The Kier molecular flexibility index (Phi) is 6.78. The zero-order valence-electron chi connectivity index (χ0n) is 12.3. The second-order valence-electron chi connectivity index (χ2n) is 5.56. The molecule has 114 valence electrons. The average Bonchev–Trinajstić information content (AvgIpc) is 3.04. The standard InChI is InChI=1S/2C7H5S.C2H6Si.2ClH.Hf/c2*1-2-6-4-5-8-7(6)3-1;1-3-2;;;/h2*1-5H;1-2H3;2*1H;/q;;;;;+2/p-2. The topological polar surface area (TPSA) is 0 Å². The molecule has 2 aliphatic heterocycles. The van der Waals surface area contributed by atoms with Crippen LogP contribution in [0, 0.1) is 0 Å². The fourth-order valence-corrected chi connectivity index (χ4v) is 46.7. The van der Waals surface area contributed by atoms with E-state index >= 15 is 0 Å². The van der Waals surface area contributed by atoms with Gasteiger partial charge in [-0.3, -0.25) is 0 Å². The second kappa shape index (κ2) is 7.79. The van der Waals surface area contributed by atoms with Gasteiger partial charge in [-0.2, -0.15) is 0 Å². The SMILES string of the molecule is C[Si](C)=[Hf+2]([CH]1C=C2C=CC=C2S1)[CH]1C=C2C=CC=C2S1.[Cl-].[Cl-]. The van der Waals surface area contributed by atoms with Gasteiger partial charge in [0.05, 0.1) is 0 Å². The zero-order valence-corrected chi connectivity index (χ0v) is 20.1. The molecular formula is C16H16Cl2HfS2Si. The molecule has 0 nitrogen and oxygen atoms in total. The third-order valence-corrected chi connectivity index (χ3v) is 40.4. The maximum absolute atomic E-state index is 2.61.